The summed E-state index contributed by atoms with van der Waals surface area (Å²) in [5.74, 6) is 0. The van der Waals surface area contributed by atoms with Gasteiger partial charge in [-0.1, -0.05) is 20.8 Å². The number of nitrogens with one attached hydrogen (secondary N) is 1. The van der Waals surface area contributed by atoms with Gasteiger partial charge in [0.25, 0.3) is 0 Å². The van der Waals surface area contributed by atoms with Gasteiger partial charge in [0, 0.05) is 38.8 Å². The lowest BCUT2D eigenvalue weighted by Crippen LogP contribution is -2.59. The summed E-state index contributed by atoms with van der Waals surface area (Å²) in [6.45, 7) is 10.5. The summed E-state index contributed by atoms with van der Waals surface area (Å²) in [7, 11) is 1.87. The van der Waals surface area contributed by atoms with Crippen LogP contribution < -0.4 is 5.32 Å². The molecule has 2 rings (SSSR count). The van der Waals surface area contributed by atoms with Crippen molar-refractivity contribution in [3.05, 3.63) is 0 Å². The van der Waals surface area contributed by atoms with Gasteiger partial charge in [-0.05, 0) is 24.7 Å². The highest BCUT2D eigenvalue weighted by Gasteiger charge is 2.37. The molecule has 1 N–H and O–H groups in total. The van der Waals surface area contributed by atoms with E-state index in [1.165, 1.54) is 32.4 Å². The molecular formula is C14H28N2O. The summed E-state index contributed by atoms with van der Waals surface area (Å²) in [4.78, 5) is 2.66. The lowest BCUT2D eigenvalue weighted by Gasteiger charge is -2.44. The minimum atomic E-state index is 0.347. The predicted molar refractivity (Wildman–Crippen MR) is 71.3 cm³/mol. The number of methoxy groups -OCH3 is 1. The lowest BCUT2D eigenvalue weighted by molar-refractivity contribution is 0.0111. The van der Waals surface area contributed by atoms with Crippen LogP contribution in [-0.4, -0.2) is 49.8 Å². The first-order valence-electron chi connectivity index (χ1n) is 7.02. The molecule has 0 aromatic carbocycles. The predicted octanol–water partition coefficient (Wildman–Crippen LogP) is 1.87. The van der Waals surface area contributed by atoms with E-state index in [2.05, 4.69) is 31.0 Å². The van der Waals surface area contributed by atoms with Gasteiger partial charge in [0.2, 0.25) is 0 Å². The number of hydrogen-bond donors (Lipinski definition) is 1. The summed E-state index contributed by atoms with van der Waals surface area (Å²) in [6.07, 6.45) is 4.35. The average molecular weight is 240 g/mol. The summed E-state index contributed by atoms with van der Waals surface area (Å²) in [5.41, 5.74) is 0.347. The lowest BCUT2D eigenvalue weighted by atomic mass is 9.85. The van der Waals surface area contributed by atoms with E-state index in [0.29, 0.717) is 23.6 Å². The number of rotatable bonds is 2. The summed E-state index contributed by atoms with van der Waals surface area (Å²) >= 11 is 0. The van der Waals surface area contributed by atoms with Gasteiger partial charge in [0.05, 0.1) is 6.10 Å². The first-order valence-corrected chi connectivity index (χ1v) is 7.02. The van der Waals surface area contributed by atoms with E-state index in [9.17, 15) is 0 Å². The molecule has 3 nitrogen and oxygen atoms in total. The third-order valence-corrected chi connectivity index (χ3v) is 4.44. The minimum absolute atomic E-state index is 0.347. The van der Waals surface area contributed by atoms with E-state index >= 15 is 0 Å². The van der Waals surface area contributed by atoms with Gasteiger partial charge in [-0.25, -0.2) is 0 Å². The van der Waals surface area contributed by atoms with Gasteiger partial charge in [0.15, 0.2) is 0 Å². The van der Waals surface area contributed by atoms with Gasteiger partial charge < -0.3 is 10.1 Å². The van der Waals surface area contributed by atoms with Gasteiger partial charge in [-0.15, -0.1) is 0 Å². The van der Waals surface area contributed by atoms with E-state index in [0.717, 1.165) is 6.54 Å². The minimum Gasteiger partial charge on any atom is -0.380 e. The fraction of sp³-hybridized carbons (Fsp3) is 1.00. The Balaban J connectivity index is 1.97. The van der Waals surface area contributed by atoms with Crippen molar-refractivity contribution < 1.29 is 4.74 Å². The zero-order valence-electron chi connectivity index (χ0n) is 11.8. The molecule has 17 heavy (non-hydrogen) atoms. The zero-order chi connectivity index (χ0) is 12.5. The Morgan fingerprint density at radius 2 is 2.00 bits per heavy atom. The maximum Gasteiger partial charge on any atom is 0.0726 e. The van der Waals surface area contributed by atoms with Crippen LogP contribution in [0, 0.1) is 5.41 Å². The van der Waals surface area contributed by atoms with Crippen LogP contribution in [0.4, 0.5) is 0 Å². The molecule has 1 saturated heterocycles. The van der Waals surface area contributed by atoms with Crippen LogP contribution in [0.15, 0.2) is 0 Å². The molecule has 3 heteroatoms. The zero-order valence-corrected chi connectivity index (χ0v) is 11.8. The van der Waals surface area contributed by atoms with Crippen molar-refractivity contribution in [2.24, 2.45) is 5.41 Å². The molecule has 2 aliphatic rings. The van der Waals surface area contributed by atoms with Gasteiger partial charge >= 0.3 is 0 Å². The molecule has 3 unspecified atom stereocenters. The first-order chi connectivity index (χ1) is 8.02. The smallest absolute Gasteiger partial charge is 0.0726 e. The normalized spacial score (nSPS) is 36.4. The Morgan fingerprint density at radius 3 is 2.65 bits per heavy atom. The molecule has 2 fully saturated rings. The highest BCUT2D eigenvalue weighted by molar-refractivity contribution is 4.93. The maximum atomic E-state index is 5.64. The van der Waals surface area contributed by atoms with Crippen LogP contribution in [0.25, 0.3) is 0 Å². The highest BCUT2D eigenvalue weighted by atomic mass is 16.5. The van der Waals surface area contributed by atoms with E-state index in [-0.39, 0.29) is 0 Å². The fourth-order valence-electron chi connectivity index (χ4n) is 3.25. The van der Waals surface area contributed by atoms with Crippen molar-refractivity contribution in [2.75, 3.05) is 26.7 Å². The number of piperazine rings is 1. The third kappa shape index (κ3) is 3.01. The van der Waals surface area contributed by atoms with Crippen molar-refractivity contribution in [3.63, 3.8) is 0 Å². The molecule has 0 amide bonds. The van der Waals surface area contributed by atoms with E-state index in [1.54, 1.807) is 0 Å². The molecule has 0 aromatic heterocycles. The monoisotopic (exact) mass is 240 g/mol. The maximum absolute atomic E-state index is 5.64. The summed E-state index contributed by atoms with van der Waals surface area (Å²) < 4.78 is 5.64. The number of nitrogens with zero attached hydrogens (tertiary/aromatic N) is 1. The van der Waals surface area contributed by atoms with Gasteiger partial charge in [-0.3, -0.25) is 4.90 Å². The molecular weight excluding hydrogens is 212 g/mol. The van der Waals surface area contributed by atoms with Gasteiger partial charge in [-0.2, -0.15) is 0 Å². The highest BCUT2D eigenvalue weighted by Crippen LogP contribution is 2.29. The first kappa shape index (κ1) is 13.3. The second-order valence-electron chi connectivity index (χ2n) is 6.64. The third-order valence-electron chi connectivity index (χ3n) is 4.44. The Kier molecular flexibility index (Phi) is 4.11. The Morgan fingerprint density at radius 1 is 1.24 bits per heavy atom. The van der Waals surface area contributed by atoms with Crippen molar-refractivity contribution in [1.82, 2.24) is 10.2 Å². The molecule has 1 aliphatic heterocycles. The summed E-state index contributed by atoms with van der Waals surface area (Å²) in [6, 6.07) is 1.27. The van der Waals surface area contributed by atoms with Crippen LogP contribution in [0.2, 0.25) is 0 Å². The molecule has 0 radical (unpaired) electrons. The molecule has 100 valence electrons. The molecule has 3 atom stereocenters. The molecule has 0 aromatic rings. The topological polar surface area (TPSA) is 24.5 Å². The molecule has 1 saturated carbocycles. The van der Waals surface area contributed by atoms with Crippen LogP contribution in [0.1, 0.15) is 40.0 Å². The Hall–Kier alpha value is -0.120. The standard InChI is InChI=1S/C14H28N2O/c1-14(2,3)13-10-16(9-8-15-13)11-6-5-7-12(11)17-4/h11-13,15H,5-10H2,1-4H3. The second-order valence-corrected chi connectivity index (χ2v) is 6.64. The number of hydrogen-bond acceptors (Lipinski definition) is 3. The van der Waals surface area contributed by atoms with E-state index < -0.39 is 0 Å². The van der Waals surface area contributed by atoms with Crippen LogP contribution in [-0.2, 0) is 4.74 Å². The van der Waals surface area contributed by atoms with Crippen LogP contribution in [0.3, 0.4) is 0 Å². The van der Waals surface area contributed by atoms with Crippen LogP contribution in [0.5, 0.6) is 0 Å². The largest absolute Gasteiger partial charge is 0.380 e. The van der Waals surface area contributed by atoms with Crippen molar-refractivity contribution >= 4 is 0 Å². The second kappa shape index (κ2) is 5.25. The molecule has 1 aliphatic carbocycles. The Labute approximate surface area is 106 Å². The van der Waals surface area contributed by atoms with Crippen molar-refractivity contribution in [3.8, 4) is 0 Å². The van der Waals surface area contributed by atoms with E-state index in [1.807, 2.05) is 7.11 Å². The Bertz CT molecular complexity index is 249. The van der Waals surface area contributed by atoms with Crippen LogP contribution >= 0.6 is 0 Å². The van der Waals surface area contributed by atoms with E-state index in [4.69, 9.17) is 4.74 Å². The quantitative estimate of drug-likeness (QED) is 0.797. The molecule has 1 heterocycles. The van der Waals surface area contributed by atoms with Crippen molar-refractivity contribution in [1.29, 1.82) is 0 Å². The summed E-state index contributed by atoms with van der Waals surface area (Å²) in [5, 5.41) is 3.66. The average Bonchev–Trinajstić information content (AvgIpc) is 2.76. The fourth-order valence-corrected chi connectivity index (χ4v) is 3.25. The number of ether oxygens (including phenoxy) is 1. The molecule has 0 spiro atoms. The van der Waals surface area contributed by atoms with Crippen molar-refractivity contribution in [2.45, 2.75) is 58.2 Å². The SMILES string of the molecule is COC1CCCC1N1CCNC(C(C)(C)C)C1. The van der Waals surface area contributed by atoms with Gasteiger partial charge in [0.1, 0.15) is 0 Å². The molecule has 0 bridgehead atoms.